The van der Waals surface area contributed by atoms with E-state index in [9.17, 15) is 0 Å². The van der Waals surface area contributed by atoms with Gasteiger partial charge in [0.25, 0.3) is 0 Å². The second-order valence-electron chi connectivity index (χ2n) is 4.92. The quantitative estimate of drug-likeness (QED) is 0.817. The molecule has 2 N–H and O–H groups in total. The third-order valence-corrected chi connectivity index (χ3v) is 3.59. The minimum Gasteiger partial charge on any atom is -0.370 e. The molecule has 1 fully saturated rings. The molecule has 1 aliphatic carbocycles. The lowest BCUT2D eigenvalue weighted by Gasteiger charge is -2.21. The van der Waals surface area contributed by atoms with Gasteiger partial charge in [0, 0.05) is 12.6 Å². The van der Waals surface area contributed by atoms with Crippen LogP contribution in [0.4, 0.5) is 11.6 Å². The second kappa shape index (κ2) is 5.89. The normalized spacial score (nSPS) is 18.0. The van der Waals surface area contributed by atoms with Gasteiger partial charge in [-0.15, -0.1) is 0 Å². The number of hydrogen-bond acceptors (Lipinski definition) is 3. The van der Waals surface area contributed by atoms with Crippen molar-refractivity contribution in [2.45, 2.75) is 45.6 Å². The summed E-state index contributed by atoms with van der Waals surface area (Å²) in [5.41, 5.74) is 0. The van der Waals surface area contributed by atoms with Crippen molar-refractivity contribution in [3.63, 3.8) is 0 Å². The Kier molecular flexibility index (Phi) is 4.24. The average Bonchev–Trinajstić information content (AvgIpc) is 2.83. The summed E-state index contributed by atoms with van der Waals surface area (Å²) >= 11 is 0. The Labute approximate surface area is 104 Å². The van der Waals surface area contributed by atoms with E-state index in [0.717, 1.165) is 24.1 Å². The molecule has 1 heterocycles. The molecule has 0 radical (unpaired) electrons. The van der Waals surface area contributed by atoms with E-state index >= 15 is 0 Å². The second-order valence-corrected chi connectivity index (χ2v) is 4.92. The van der Waals surface area contributed by atoms with Crippen molar-refractivity contribution in [2.75, 3.05) is 17.2 Å². The van der Waals surface area contributed by atoms with Crippen molar-refractivity contribution < 1.29 is 0 Å². The molecule has 1 unspecified atom stereocenters. The molecule has 17 heavy (non-hydrogen) atoms. The summed E-state index contributed by atoms with van der Waals surface area (Å²) in [6.45, 7) is 5.27. The van der Waals surface area contributed by atoms with Gasteiger partial charge in [-0.05, 0) is 44.7 Å². The minimum atomic E-state index is 0.530. The first-order chi connectivity index (χ1) is 8.29. The Balaban J connectivity index is 1.94. The molecule has 1 aliphatic rings. The van der Waals surface area contributed by atoms with Gasteiger partial charge in [0.2, 0.25) is 0 Å². The first-order valence-corrected chi connectivity index (χ1v) is 6.77. The Morgan fingerprint density at radius 3 is 2.71 bits per heavy atom. The summed E-state index contributed by atoms with van der Waals surface area (Å²) in [5, 5.41) is 6.77. The highest BCUT2D eigenvalue weighted by molar-refractivity contribution is 5.45. The van der Waals surface area contributed by atoms with Gasteiger partial charge in [0.05, 0.1) is 0 Å². The van der Waals surface area contributed by atoms with Gasteiger partial charge >= 0.3 is 0 Å². The van der Waals surface area contributed by atoms with Gasteiger partial charge in [-0.2, -0.15) is 0 Å². The van der Waals surface area contributed by atoms with Crippen molar-refractivity contribution in [3.05, 3.63) is 18.2 Å². The zero-order valence-electron chi connectivity index (χ0n) is 10.9. The van der Waals surface area contributed by atoms with Crippen molar-refractivity contribution in [2.24, 2.45) is 5.92 Å². The molecule has 0 saturated heterocycles. The van der Waals surface area contributed by atoms with Crippen molar-refractivity contribution in [1.82, 2.24) is 4.98 Å². The predicted octanol–water partition coefficient (Wildman–Crippen LogP) is 3.50. The molecule has 3 heteroatoms. The van der Waals surface area contributed by atoms with E-state index in [0.29, 0.717) is 6.04 Å². The van der Waals surface area contributed by atoms with Crippen LogP contribution < -0.4 is 10.6 Å². The number of anilines is 2. The number of nitrogens with one attached hydrogen (secondary N) is 2. The number of rotatable bonds is 5. The van der Waals surface area contributed by atoms with Gasteiger partial charge in [-0.3, -0.25) is 0 Å². The Hall–Kier alpha value is -1.25. The number of hydrogen-bond donors (Lipinski definition) is 2. The third-order valence-electron chi connectivity index (χ3n) is 3.59. The van der Waals surface area contributed by atoms with Gasteiger partial charge in [0.1, 0.15) is 11.6 Å². The molecule has 1 aromatic rings. The predicted molar refractivity (Wildman–Crippen MR) is 73.4 cm³/mol. The van der Waals surface area contributed by atoms with Gasteiger partial charge in [0.15, 0.2) is 0 Å². The van der Waals surface area contributed by atoms with Crippen LogP contribution in [0.1, 0.15) is 39.5 Å². The zero-order chi connectivity index (χ0) is 12.1. The monoisotopic (exact) mass is 233 g/mol. The minimum absolute atomic E-state index is 0.530. The first kappa shape index (κ1) is 12.2. The van der Waals surface area contributed by atoms with E-state index in [1.165, 1.54) is 25.7 Å². The molecular weight excluding hydrogens is 210 g/mol. The van der Waals surface area contributed by atoms with E-state index < -0.39 is 0 Å². The van der Waals surface area contributed by atoms with Crippen LogP contribution in [0.5, 0.6) is 0 Å². The molecule has 1 aromatic heterocycles. The summed E-state index contributed by atoms with van der Waals surface area (Å²) < 4.78 is 0. The molecule has 2 rings (SSSR count). The van der Waals surface area contributed by atoms with E-state index in [2.05, 4.69) is 35.5 Å². The fraction of sp³-hybridized carbons (Fsp3) is 0.643. The fourth-order valence-corrected chi connectivity index (χ4v) is 2.60. The summed E-state index contributed by atoms with van der Waals surface area (Å²) in [7, 11) is 0. The van der Waals surface area contributed by atoms with Crippen LogP contribution in [0.2, 0.25) is 0 Å². The smallest absolute Gasteiger partial charge is 0.128 e. The zero-order valence-corrected chi connectivity index (χ0v) is 10.9. The molecule has 0 aliphatic heterocycles. The van der Waals surface area contributed by atoms with Crippen LogP contribution in [-0.4, -0.2) is 17.6 Å². The first-order valence-electron chi connectivity index (χ1n) is 6.77. The van der Waals surface area contributed by atoms with Crippen molar-refractivity contribution >= 4 is 11.6 Å². The molecule has 3 nitrogen and oxygen atoms in total. The summed E-state index contributed by atoms with van der Waals surface area (Å²) in [4.78, 5) is 4.55. The molecule has 0 spiro atoms. The standard InChI is InChI=1S/C14H23N3/c1-3-15-13-9-6-10-14(17-13)16-11(2)12-7-4-5-8-12/h6,9-12H,3-5,7-8H2,1-2H3,(H2,15,16,17). The highest BCUT2D eigenvalue weighted by Crippen LogP contribution is 2.29. The fourth-order valence-electron chi connectivity index (χ4n) is 2.60. The van der Waals surface area contributed by atoms with E-state index in [4.69, 9.17) is 0 Å². The lowest BCUT2D eigenvalue weighted by Crippen LogP contribution is -2.24. The summed E-state index contributed by atoms with van der Waals surface area (Å²) in [6.07, 6.45) is 5.51. The lowest BCUT2D eigenvalue weighted by atomic mass is 10.00. The topological polar surface area (TPSA) is 37.0 Å². The number of nitrogens with zero attached hydrogens (tertiary/aromatic N) is 1. The van der Waals surface area contributed by atoms with Crippen LogP contribution >= 0.6 is 0 Å². The Morgan fingerprint density at radius 2 is 2.00 bits per heavy atom. The maximum atomic E-state index is 4.55. The highest BCUT2D eigenvalue weighted by atomic mass is 15.1. The maximum absolute atomic E-state index is 4.55. The third kappa shape index (κ3) is 3.35. The molecule has 1 saturated carbocycles. The summed E-state index contributed by atoms with van der Waals surface area (Å²) in [6, 6.07) is 6.64. The molecular formula is C14H23N3. The van der Waals surface area contributed by atoms with Crippen LogP contribution in [-0.2, 0) is 0 Å². The Bertz CT molecular complexity index is 345. The highest BCUT2D eigenvalue weighted by Gasteiger charge is 2.21. The van der Waals surface area contributed by atoms with Crippen LogP contribution in [0.25, 0.3) is 0 Å². The molecule has 0 bridgehead atoms. The molecule has 0 aromatic carbocycles. The van der Waals surface area contributed by atoms with Crippen LogP contribution in [0, 0.1) is 5.92 Å². The Morgan fingerprint density at radius 1 is 1.29 bits per heavy atom. The van der Waals surface area contributed by atoms with Gasteiger partial charge < -0.3 is 10.6 Å². The van der Waals surface area contributed by atoms with Crippen LogP contribution in [0.3, 0.4) is 0 Å². The van der Waals surface area contributed by atoms with Crippen LogP contribution in [0.15, 0.2) is 18.2 Å². The number of aromatic nitrogens is 1. The SMILES string of the molecule is CCNc1cccc(NC(C)C2CCCC2)n1. The van der Waals surface area contributed by atoms with E-state index in [-0.39, 0.29) is 0 Å². The van der Waals surface area contributed by atoms with Gasteiger partial charge in [-0.25, -0.2) is 4.98 Å². The summed E-state index contributed by atoms with van der Waals surface area (Å²) in [5.74, 6) is 2.76. The van der Waals surface area contributed by atoms with Crippen molar-refractivity contribution in [1.29, 1.82) is 0 Å². The number of pyridine rings is 1. The molecule has 94 valence electrons. The largest absolute Gasteiger partial charge is 0.370 e. The maximum Gasteiger partial charge on any atom is 0.128 e. The van der Waals surface area contributed by atoms with Gasteiger partial charge in [-0.1, -0.05) is 18.9 Å². The lowest BCUT2D eigenvalue weighted by molar-refractivity contribution is 0.481. The van der Waals surface area contributed by atoms with E-state index in [1.54, 1.807) is 0 Å². The van der Waals surface area contributed by atoms with E-state index in [1.807, 2.05) is 12.1 Å². The molecule has 1 atom stereocenters. The molecule has 0 amide bonds. The average molecular weight is 233 g/mol. The van der Waals surface area contributed by atoms with Crippen molar-refractivity contribution in [3.8, 4) is 0 Å².